The van der Waals surface area contributed by atoms with Crippen LogP contribution in [-0.2, 0) is 16.4 Å². The predicted octanol–water partition coefficient (Wildman–Crippen LogP) is 4.05. The number of carbonyl (C=O) groups is 1. The highest BCUT2D eigenvalue weighted by atomic mass is 32.2. The van der Waals surface area contributed by atoms with Crippen LogP contribution in [0.25, 0.3) is 10.8 Å². The standard InChI is InChI=1S/C24H22N4O3S2/c29-23(19-6-5-18-9-10-25-15-20(18)13-19)26-14-17-3-7-21(8-4-17)33(30,31)22-16-27-24(32-22)28-11-1-2-12-28/h3-10,13,15-16H,1-2,11-12,14H2,(H,26,29). The normalized spacial score (nSPS) is 14.0. The molecule has 1 N–H and O–H groups in total. The van der Waals surface area contributed by atoms with Crippen molar-refractivity contribution in [2.45, 2.75) is 28.5 Å². The maximum Gasteiger partial charge on any atom is 0.251 e. The Morgan fingerprint density at radius 3 is 2.58 bits per heavy atom. The number of hydrogen-bond donors (Lipinski definition) is 1. The molecule has 0 radical (unpaired) electrons. The topological polar surface area (TPSA) is 92.3 Å². The summed E-state index contributed by atoms with van der Waals surface area (Å²) in [4.78, 5) is 23.3. The second-order valence-electron chi connectivity index (χ2n) is 7.92. The first kappa shape index (κ1) is 21.5. The van der Waals surface area contributed by atoms with Crippen LogP contribution in [-0.4, -0.2) is 37.4 Å². The third-order valence-corrected chi connectivity index (χ3v) is 8.99. The Hall–Kier alpha value is -3.30. The lowest BCUT2D eigenvalue weighted by atomic mass is 10.1. The number of sulfone groups is 1. The minimum atomic E-state index is -3.62. The second kappa shape index (κ2) is 8.92. The van der Waals surface area contributed by atoms with Gasteiger partial charge in [0.25, 0.3) is 5.91 Å². The van der Waals surface area contributed by atoms with Gasteiger partial charge in [0.2, 0.25) is 9.84 Å². The van der Waals surface area contributed by atoms with E-state index in [-0.39, 0.29) is 15.0 Å². The summed E-state index contributed by atoms with van der Waals surface area (Å²) in [6.45, 7) is 2.14. The molecule has 33 heavy (non-hydrogen) atoms. The minimum absolute atomic E-state index is 0.198. The van der Waals surface area contributed by atoms with Gasteiger partial charge in [0, 0.05) is 43.0 Å². The van der Waals surface area contributed by atoms with Gasteiger partial charge in [-0.15, -0.1) is 0 Å². The van der Waals surface area contributed by atoms with Crippen molar-refractivity contribution in [2.24, 2.45) is 0 Å². The SMILES string of the molecule is O=C(NCc1ccc(S(=O)(=O)c2cnc(N3CCCC3)s2)cc1)c1ccc2ccncc2c1. The van der Waals surface area contributed by atoms with E-state index in [9.17, 15) is 13.2 Å². The predicted molar refractivity (Wildman–Crippen MR) is 128 cm³/mol. The molecule has 0 saturated carbocycles. The molecule has 2 aromatic heterocycles. The largest absolute Gasteiger partial charge is 0.348 e. The van der Waals surface area contributed by atoms with Gasteiger partial charge in [-0.1, -0.05) is 29.5 Å². The van der Waals surface area contributed by atoms with E-state index >= 15 is 0 Å². The number of amides is 1. The average Bonchev–Trinajstić information content (AvgIpc) is 3.55. The molecule has 0 atom stereocenters. The van der Waals surface area contributed by atoms with Crippen molar-refractivity contribution in [3.05, 3.63) is 78.2 Å². The maximum atomic E-state index is 13.0. The number of fused-ring (bicyclic) bond motifs is 1. The third kappa shape index (κ3) is 4.46. The Morgan fingerprint density at radius 2 is 1.79 bits per heavy atom. The number of aromatic nitrogens is 2. The first-order chi connectivity index (χ1) is 16.0. The van der Waals surface area contributed by atoms with Gasteiger partial charge in [-0.05, 0) is 54.1 Å². The van der Waals surface area contributed by atoms with Crippen LogP contribution in [0.3, 0.4) is 0 Å². The van der Waals surface area contributed by atoms with E-state index in [4.69, 9.17) is 0 Å². The van der Waals surface area contributed by atoms with Crippen LogP contribution in [0.4, 0.5) is 5.13 Å². The summed E-state index contributed by atoms with van der Waals surface area (Å²) in [5.74, 6) is -0.198. The van der Waals surface area contributed by atoms with Gasteiger partial charge in [0.05, 0.1) is 11.1 Å². The molecule has 1 aliphatic rings. The fraction of sp³-hybridized carbons (Fsp3) is 0.208. The van der Waals surface area contributed by atoms with Gasteiger partial charge in [-0.2, -0.15) is 0 Å². The van der Waals surface area contributed by atoms with Crippen LogP contribution < -0.4 is 10.2 Å². The molecule has 1 aliphatic heterocycles. The van der Waals surface area contributed by atoms with Crippen molar-refractivity contribution in [1.29, 1.82) is 0 Å². The first-order valence-electron chi connectivity index (χ1n) is 10.7. The van der Waals surface area contributed by atoms with E-state index < -0.39 is 9.84 Å². The van der Waals surface area contributed by atoms with Crippen molar-refractivity contribution in [2.75, 3.05) is 18.0 Å². The number of carbonyl (C=O) groups excluding carboxylic acids is 1. The molecule has 9 heteroatoms. The van der Waals surface area contributed by atoms with E-state index in [1.807, 2.05) is 12.1 Å². The fourth-order valence-electron chi connectivity index (χ4n) is 3.84. The van der Waals surface area contributed by atoms with Crippen molar-refractivity contribution >= 4 is 43.0 Å². The third-order valence-electron chi connectivity index (χ3n) is 5.70. The van der Waals surface area contributed by atoms with Gasteiger partial charge in [-0.25, -0.2) is 13.4 Å². The van der Waals surface area contributed by atoms with Crippen LogP contribution in [0.5, 0.6) is 0 Å². The number of hydrogen-bond acceptors (Lipinski definition) is 7. The average molecular weight is 479 g/mol. The highest BCUT2D eigenvalue weighted by Gasteiger charge is 2.23. The zero-order chi connectivity index (χ0) is 22.8. The Bertz CT molecular complexity index is 1410. The molecule has 0 bridgehead atoms. The second-order valence-corrected chi connectivity index (χ2v) is 11.1. The van der Waals surface area contributed by atoms with E-state index in [1.165, 1.54) is 17.5 Å². The molecule has 3 heterocycles. The number of nitrogens with zero attached hydrogens (tertiary/aromatic N) is 3. The molecular formula is C24H22N4O3S2. The van der Waals surface area contributed by atoms with Crippen LogP contribution in [0.1, 0.15) is 28.8 Å². The summed E-state index contributed by atoms with van der Waals surface area (Å²) in [5, 5.41) is 5.56. The molecule has 0 aliphatic carbocycles. The van der Waals surface area contributed by atoms with Crippen LogP contribution in [0, 0.1) is 0 Å². The Kier molecular flexibility index (Phi) is 5.82. The number of anilines is 1. The van der Waals surface area contributed by atoms with Crippen molar-refractivity contribution < 1.29 is 13.2 Å². The summed E-state index contributed by atoms with van der Waals surface area (Å²) < 4.78 is 26.3. The molecule has 0 spiro atoms. The zero-order valence-electron chi connectivity index (χ0n) is 17.8. The van der Waals surface area contributed by atoms with E-state index in [2.05, 4.69) is 20.2 Å². The lowest BCUT2D eigenvalue weighted by Gasteiger charge is -2.12. The molecule has 1 amide bonds. The fourth-order valence-corrected chi connectivity index (χ4v) is 6.41. The molecule has 1 saturated heterocycles. The van der Waals surface area contributed by atoms with Gasteiger partial charge in [0.15, 0.2) is 5.13 Å². The van der Waals surface area contributed by atoms with Gasteiger partial charge in [-0.3, -0.25) is 9.78 Å². The molecule has 168 valence electrons. The molecule has 4 aromatic rings. The van der Waals surface area contributed by atoms with Crippen molar-refractivity contribution in [1.82, 2.24) is 15.3 Å². The minimum Gasteiger partial charge on any atom is -0.348 e. The molecule has 5 rings (SSSR count). The molecular weight excluding hydrogens is 456 g/mol. The van der Waals surface area contributed by atoms with E-state index in [1.54, 1.807) is 48.8 Å². The monoisotopic (exact) mass is 478 g/mol. The highest BCUT2D eigenvalue weighted by Crippen LogP contribution is 2.32. The number of benzene rings is 2. The molecule has 2 aromatic carbocycles. The van der Waals surface area contributed by atoms with Gasteiger partial charge >= 0.3 is 0 Å². The molecule has 1 fully saturated rings. The van der Waals surface area contributed by atoms with Crippen LogP contribution in [0.2, 0.25) is 0 Å². The summed E-state index contributed by atoms with van der Waals surface area (Å²) in [6.07, 6.45) is 7.10. The van der Waals surface area contributed by atoms with Crippen molar-refractivity contribution in [3.8, 4) is 0 Å². The van der Waals surface area contributed by atoms with Gasteiger partial charge < -0.3 is 10.2 Å². The molecule has 0 unspecified atom stereocenters. The zero-order valence-corrected chi connectivity index (χ0v) is 19.4. The highest BCUT2D eigenvalue weighted by molar-refractivity contribution is 7.93. The summed E-state index contributed by atoms with van der Waals surface area (Å²) in [6, 6.07) is 14.0. The quantitative estimate of drug-likeness (QED) is 0.449. The summed E-state index contributed by atoms with van der Waals surface area (Å²) in [7, 11) is -3.62. The number of rotatable bonds is 6. The number of pyridine rings is 1. The number of nitrogens with one attached hydrogen (secondary N) is 1. The lowest BCUT2D eigenvalue weighted by Crippen LogP contribution is -2.22. The van der Waals surface area contributed by atoms with Crippen LogP contribution in [0.15, 0.2) is 76.2 Å². The smallest absolute Gasteiger partial charge is 0.251 e. The molecule has 7 nitrogen and oxygen atoms in total. The Balaban J connectivity index is 1.25. The maximum absolute atomic E-state index is 13.0. The van der Waals surface area contributed by atoms with E-state index in [0.717, 1.165) is 47.4 Å². The lowest BCUT2D eigenvalue weighted by molar-refractivity contribution is 0.0951. The Morgan fingerprint density at radius 1 is 1.00 bits per heavy atom. The van der Waals surface area contributed by atoms with Crippen LogP contribution >= 0.6 is 11.3 Å². The number of thiazole rings is 1. The Labute approximate surface area is 196 Å². The summed E-state index contributed by atoms with van der Waals surface area (Å²) in [5.41, 5.74) is 1.36. The van der Waals surface area contributed by atoms with Gasteiger partial charge in [0.1, 0.15) is 4.21 Å². The van der Waals surface area contributed by atoms with Crippen molar-refractivity contribution in [3.63, 3.8) is 0 Å². The van der Waals surface area contributed by atoms with E-state index in [0.29, 0.717) is 12.1 Å². The first-order valence-corrected chi connectivity index (χ1v) is 13.0. The summed E-state index contributed by atoms with van der Waals surface area (Å²) >= 11 is 1.21.